The third kappa shape index (κ3) is 2.13. The molecule has 0 unspecified atom stereocenters. The first-order valence-electron chi connectivity index (χ1n) is 3.95. The van der Waals surface area contributed by atoms with Crippen LogP contribution in [0.25, 0.3) is 0 Å². The number of aromatic nitrogens is 4. The standard InChI is InChI=1S/C7H6ClN5O2/c8-4-1-10-13(2-4)3-5-11-7(6(9)14)15-12-5/h1-2H,3H2,(H2,9,14). The van der Waals surface area contributed by atoms with Crippen LogP contribution >= 0.6 is 11.6 Å². The van der Waals surface area contributed by atoms with E-state index in [4.69, 9.17) is 17.3 Å². The molecule has 2 rings (SSSR count). The number of amides is 1. The van der Waals surface area contributed by atoms with E-state index in [0.717, 1.165) is 0 Å². The van der Waals surface area contributed by atoms with Crippen molar-refractivity contribution in [2.45, 2.75) is 6.54 Å². The minimum atomic E-state index is -0.757. The minimum Gasteiger partial charge on any atom is -0.361 e. The number of halogens is 1. The first-order valence-corrected chi connectivity index (χ1v) is 4.33. The van der Waals surface area contributed by atoms with Crippen LogP contribution in [0.2, 0.25) is 5.02 Å². The van der Waals surface area contributed by atoms with Gasteiger partial charge in [0.2, 0.25) is 0 Å². The lowest BCUT2D eigenvalue weighted by atomic mass is 10.6. The highest BCUT2D eigenvalue weighted by molar-refractivity contribution is 6.30. The Morgan fingerprint density at radius 1 is 1.67 bits per heavy atom. The van der Waals surface area contributed by atoms with E-state index < -0.39 is 5.91 Å². The molecule has 0 atom stereocenters. The highest BCUT2D eigenvalue weighted by atomic mass is 35.5. The van der Waals surface area contributed by atoms with Gasteiger partial charge in [0.05, 0.1) is 11.2 Å². The van der Waals surface area contributed by atoms with Crippen molar-refractivity contribution in [3.05, 3.63) is 29.1 Å². The van der Waals surface area contributed by atoms with Gasteiger partial charge in [-0.05, 0) is 0 Å². The Balaban J connectivity index is 2.14. The lowest BCUT2D eigenvalue weighted by Gasteiger charge is -1.92. The molecule has 7 nitrogen and oxygen atoms in total. The Kier molecular flexibility index (Phi) is 2.38. The van der Waals surface area contributed by atoms with Gasteiger partial charge in [-0.25, -0.2) is 0 Å². The maximum Gasteiger partial charge on any atom is 0.315 e. The molecule has 0 fully saturated rings. The summed E-state index contributed by atoms with van der Waals surface area (Å²) in [7, 11) is 0. The molecule has 0 aliphatic rings. The normalized spacial score (nSPS) is 10.5. The second-order valence-electron chi connectivity index (χ2n) is 2.74. The van der Waals surface area contributed by atoms with E-state index in [9.17, 15) is 4.79 Å². The van der Waals surface area contributed by atoms with Gasteiger partial charge in [-0.3, -0.25) is 9.48 Å². The largest absolute Gasteiger partial charge is 0.361 e. The Morgan fingerprint density at radius 2 is 2.47 bits per heavy atom. The van der Waals surface area contributed by atoms with Crippen LogP contribution in [0, 0.1) is 0 Å². The second kappa shape index (κ2) is 3.70. The molecule has 0 spiro atoms. The van der Waals surface area contributed by atoms with E-state index in [1.54, 1.807) is 6.20 Å². The summed E-state index contributed by atoms with van der Waals surface area (Å²) in [5.41, 5.74) is 4.95. The lowest BCUT2D eigenvalue weighted by Crippen LogP contribution is -2.11. The number of nitrogens with zero attached hydrogens (tertiary/aromatic N) is 4. The van der Waals surface area contributed by atoms with Crippen LogP contribution in [0.3, 0.4) is 0 Å². The van der Waals surface area contributed by atoms with Gasteiger partial charge in [-0.15, -0.1) is 0 Å². The van der Waals surface area contributed by atoms with Crippen molar-refractivity contribution < 1.29 is 9.32 Å². The maximum absolute atomic E-state index is 10.7. The van der Waals surface area contributed by atoms with Crippen LogP contribution in [-0.4, -0.2) is 25.8 Å². The number of hydrogen-bond acceptors (Lipinski definition) is 5. The molecule has 78 valence electrons. The van der Waals surface area contributed by atoms with Crippen molar-refractivity contribution in [1.29, 1.82) is 0 Å². The van der Waals surface area contributed by atoms with Gasteiger partial charge < -0.3 is 10.3 Å². The Labute approximate surface area is 88.8 Å². The molecule has 1 amide bonds. The van der Waals surface area contributed by atoms with E-state index in [1.807, 2.05) is 0 Å². The molecule has 0 saturated heterocycles. The second-order valence-corrected chi connectivity index (χ2v) is 3.17. The average Bonchev–Trinajstić information content (AvgIpc) is 2.76. The first-order chi connectivity index (χ1) is 7.15. The van der Waals surface area contributed by atoms with Gasteiger partial charge >= 0.3 is 11.8 Å². The molecule has 2 heterocycles. The van der Waals surface area contributed by atoms with Gasteiger partial charge in [0.15, 0.2) is 5.82 Å². The fraction of sp³-hybridized carbons (Fsp3) is 0.143. The summed E-state index contributed by atoms with van der Waals surface area (Å²) < 4.78 is 6.11. The van der Waals surface area contributed by atoms with Crippen LogP contribution in [-0.2, 0) is 6.54 Å². The highest BCUT2D eigenvalue weighted by Gasteiger charge is 2.11. The van der Waals surface area contributed by atoms with Crippen LogP contribution in [0.15, 0.2) is 16.9 Å². The first kappa shape index (κ1) is 9.66. The molecule has 0 bridgehead atoms. The predicted molar refractivity (Wildman–Crippen MR) is 49.2 cm³/mol. The van der Waals surface area contributed by atoms with Gasteiger partial charge in [-0.1, -0.05) is 16.8 Å². The van der Waals surface area contributed by atoms with E-state index in [-0.39, 0.29) is 12.4 Å². The summed E-state index contributed by atoms with van der Waals surface area (Å²) in [5, 5.41) is 7.97. The van der Waals surface area contributed by atoms with Gasteiger partial charge in [0.1, 0.15) is 6.54 Å². The summed E-state index contributed by atoms with van der Waals surface area (Å²) in [6, 6.07) is 0. The zero-order valence-electron chi connectivity index (χ0n) is 7.42. The summed E-state index contributed by atoms with van der Waals surface area (Å²) in [4.78, 5) is 14.4. The van der Waals surface area contributed by atoms with E-state index in [1.165, 1.54) is 10.9 Å². The molecule has 2 N–H and O–H groups in total. The van der Waals surface area contributed by atoms with E-state index >= 15 is 0 Å². The van der Waals surface area contributed by atoms with Crippen molar-refractivity contribution in [1.82, 2.24) is 19.9 Å². The number of rotatable bonds is 3. The molecular formula is C7H6ClN5O2. The third-order valence-electron chi connectivity index (χ3n) is 1.58. The molecule has 8 heteroatoms. The number of nitrogens with two attached hydrogens (primary N) is 1. The van der Waals surface area contributed by atoms with Crippen molar-refractivity contribution in [3.8, 4) is 0 Å². The monoisotopic (exact) mass is 227 g/mol. The smallest absolute Gasteiger partial charge is 0.315 e. The van der Waals surface area contributed by atoms with Crippen LogP contribution in [0.5, 0.6) is 0 Å². The maximum atomic E-state index is 10.7. The molecule has 15 heavy (non-hydrogen) atoms. The van der Waals surface area contributed by atoms with Gasteiger partial charge in [-0.2, -0.15) is 10.1 Å². The molecule has 0 aliphatic carbocycles. The molecular weight excluding hydrogens is 222 g/mol. The molecule has 0 radical (unpaired) electrons. The molecule has 2 aromatic heterocycles. The third-order valence-corrected chi connectivity index (χ3v) is 1.78. The predicted octanol–water partition coefficient (Wildman–Crippen LogP) is 0.0667. The topological polar surface area (TPSA) is 99.8 Å². The van der Waals surface area contributed by atoms with Crippen LogP contribution in [0.4, 0.5) is 0 Å². The van der Waals surface area contributed by atoms with Crippen LogP contribution in [0.1, 0.15) is 16.5 Å². The molecule has 0 aromatic carbocycles. The van der Waals surface area contributed by atoms with Crippen molar-refractivity contribution in [3.63, 3.8) is 0 Å². The number of carbonyl (C=O) groups excluding carboxylic acids is 1. The van der Waals surface area contributed by atoms with E-state index in [2.05, 4.69) is 19.8 Å². The lowest BCUT2D eigenvalue weighted by molar-refractivity contribution is 0.0958. The summed E-state index contributed by atoms with van der Waals surface area (Å²) in [5.74, 6) is -0.668. The Morgan fingerprint density at radius 3 is 3.00 bits per heavy atom. The van der Waals surface area contributed by atoms with Gasteiger partial charge in [0.25, 0.3) is 0 Å². The fourth-order valence-electron chi connectivity index (χ4n) is 0.988. The number of primary amides is 1. The summed E-state index contributed by atoms with van der Waals surface area (Å²) >= 11 is 5.66. The fourth-order valence-corrected chi connectivity index (χ4v) is 1.14. The minimum absolute atomic E-state index is 0.219. The van der Waals surface area contributed by atoms with Crippen molar-refractivity contribution in [2.75, 3.05) is 0 Å². The summed E-state index contributed by atoms with van der Waals surface area (Å²) in [6.07, 6.45) is 3.08. The Bertz CT molecular complexity index is 491. The zero-order valence-corrected chi connectivity index (χ0v) is 8.18. The average molecular weight is 228 g/mol. The van der Waals surface area contributed by atoms with Gasteiger partial charge in [0, 0.05) is 6.20 Å². The van der Waals surface area contributed by atoms with Crippen molar-refractivity contribution >= 4 is 17.5 Å². The number of hydrogen-bond donors (Lipinski definition) is 1. The van der Waals surface area contributed by atoms with Crippen molar-refractivity contribution in [2.24, 2.45) is 5.73 Å². The quantitative estimate of drug-likeness (QED) is 0.800. The molecule has 0 aliphatic heterocycles. The SMILES string of the molecule is NC(=O)c1nc(Cn2cc(Cl)cn2)no1. The highest BCUT2D eigenvalue weighted by Crippen LogP contribution is 2.06. The van der Waals surface area contributed by atoms with Crippen LogP contribution < -0.4 is 5.73 Å². The van der Waals surface area contributed by atoms with E-state index in [0.29, 0.717) is 10.8 Å². The molecule has 0 saturated carbocycles. The molecule has 2 aromatic rings. The summed E-state index contributed by atoms with van der Waals surface area (Å²) in [6.45, 7) is 0.267. The zero-order chi connectivity index (χ0) is 10.8. The number of carbonyl (C=O) groups is 1. The Hall–Kier alpha value is -1.89.